The molecule has 0 spiro atoms. The second-order valence-corrected chi connectivity index (χ2v) is 5.79. The average Bonchev–Trinajstić information content (AvgIpc) is 2.83. The third-order valence-electron chi connectivity index (χ3n) is 3.89. The number of aromatic nitrogens is 2. The fourth-order valence-electron chi connectivity index (χ4n) is 2.49. The normalized spacial score (nSPS) is 25.8. The molecule has 1 amide bonds. The fraction of sp³-hybridized carbons (Fsp3) is 0.667. The third kappa shape index (κ3) is 4.33. The number of unbranched alkanes of at least 4 members (excludes halogenated alkanes) is 2. The van der Waals surface area contributed by atoms with E-state index in [0.717, 1.165) is 12.8 Å². The molecular weight excluding hydrogens is 337 g/mol. The molecule has 2 rings (SSSR count). The van der Waals surface area contributed by atoms with Crippen LogP contribution in [0.1, 0.15) is 33.1 Å². The van der Waals surface area contributed by atoms with Gasteiger partial charge in [0.15, 0.2) is 17.9 Å². The predicted octanol–water partition coefficient (Wildman–Crippen LogP) is 0.509. The standard InChI is InChI=1S/C15H22FN3O6/c1-3-4-5-6-24-15(23)19(12-9(16)7-17-14(22)18-12)13-11(21)10(20)8(2)25-13/h7-8,10-11,13,20-21H,3-6H2,1-2H3,(H,17,18,22)/t8-,10-,11-,13?/m1/s1. The van der Waals surface area contributed by atoms with Gasteiger partial charge < -0.3 is 19.7 Å². The van der Waals surface area contributed by atoms with E-state index in [-0.39, 0.29) is 6.61 Å². The van der Waals surface area contributed by atoms with Crippen molar-refractivity contribution in [3.05, 3.63) is 22.5 Å². The lowest BCUT2D eigenvalue weighted by Crippen LogP contribution is -2.49. The minimum absolute atomic E-state index is 0.0844. The van der Waals surface area contributed by atoms with Gasteiger partial charge in [0.2, 0.25) is 0 Å². The second kappa shape index (κ2) is 8.37. The van der Waals surface area contributed by atoms with Gasteiger partial charge in [-0.3, -0.25) is 4.98 Å². The van der Waals surface area contributed by atoms with Gasteiger partial charge in [-0.25, -0.2) is 18.9 Å². The molecule has 2 heterocycles. The smallest absolute Gasteiger partial charge is 0.417 e. The summed E-state index contributed by atoms with van der Waals surface area (Å²) in [7, 11) is 0. The Balaban J connectivity index is 2.30. The minimum atomic E-state index is -1.51. The fourth-order valence-corrected chi connectivity index (χ4v) is 2.49. The summed E-state index contributed by atoms with van der Waals surface area (Å²) in [5, 5.41) is 20.0. The number of halogens is 1. The van der Waals surface area contributed by atoms with Crippen molar-refractivity contribution >= 4 is 11.9 Å². The van der Waals surface area contributed by atoms with Crippen LogP contribution >= 0.6 is 0 Å². The molecule has 1 aliphatic rings. The molecule has 0 saturated carbocycles. The number of rotatable bonds is 6. The van der Waals surface area contributed by atoms with Gasteiger partial charge in [0.05, 0.1) is 18.9 Å². The predicted molar refractivity (Wildman–Crippen MR) is 84.5 cm³/mol. The third-order valence-corrected chi connectivity index (χ3v) is 3.89. The summed E-state index contributed by atoms with van der Waals surface area (Å²) in [4.78, 5) is 29.8. The number of anilines is 1. The number of aromatic amines is 1. The Kier molecular flexibility index (Phi) is 6.45. The quantitative estimate of drug-likeness (QED) is 0.632. The van der Waals surface area contributed by atoms with Crippen LogP contribution in [-0.2, 0) is 9.47 Å². The maximum Gasteiger partial charge on any atom is 0.417 e. The first kappa shape index (κ1) is 19.3. The maximum atomic E-state index is 14.1. The minimum Gasteiger partial charge on any atom is -0.449 e. The molecule has 1 aliphatic heterocycles. The monoisotopic (exact) mass is 359 g/mol. The van der Waals surface area contributed by atoms with Crippen LogP contribution < -0.4 is 10.6 Å². The molecule has 0 radical (unpaired) electrons. The Bertz CT molecular complexity index is 654. The molecule has 0 bridgehead atoms. The van der Waals surface area contributed by atoms with E-state index in [4.69, 9.17) is 9.47 Å². The zero-order valence-corrected chi connectivity index (χ0v) is 14.0. The molecule has 1 saturated heterocycles. The number of carbonyl (C=O) groups excluding carboxylic acids is 1. The van der Waals surface area contributed by atoms with Crippen molar-refractivity contribution in [2.75, 3.05) is 11.5 Å². The number of amides is 1. The van der Waals surface area contributed by atoms with E-state index in [1.165, 1.54) is 6.92 Å². The lowest BCUT2D eigenvalue weighted by molar-refractivity contribution is 0.0120. The number of H-pyrrole nitrogens is 1. The molecule has 140 valence electrons. The van der Waals surface area contributed by atoms with Crippen molar-refractivity contribution in [1.29, 1.82) is 0 Å². The first-order chi connectivity index (χ1) is 11.9. The highest BCUT2D eigenvalue weighted by atomic mass is 19.1. The summed E-state index contributed by atoms with van der Waals surface area (Å²) in [5.41, 5.74) is -0.888. The van der Waals surface area contributed by atoms with Gasteiger partial charge in [0.1, 0.15) is 12.2 Å². The van der Waals surface area contributed by atoms with Gasteiger partial charge >= 0.3 is 11.8 Å². The number of nitrogens with one attached hydrogen (secondary N) is 1. The number of ether oxygens (including phenoxy) is 2. The Morgan fingerprint density at radius 2 is 2.16 bits per heavy atom. The van der Waals surface area contributed by atoms with Crippen molar-refractivity contribution in [1.82, 2.24) is 9.97 Å². The lowest BCUT2D eigenvalue weighted by Gasteiger charge is -2.29. The van der Waals surface area contributed by atoms with E-state index in [1.807, 2.05) is 6.92 Å². The summed E-state index contributed by atoms with van der Waals surface area (Å²) in [6.07, 6.45) is -3.00. The summed E-state index contributed by atoms with van der Waals surface area (Å²) in [5.74, 6) is -1.55. The number of aliphatic hydroxyl groups is 2. The Morgan fingerprint density at radius 3 is 2.76 bits per heavy atom. The van der Waals surface area contributed by atoms with Crippen LogP contribution in [0.25, 0.3) is 0 Å². The number of carbonyl (C=O) groups is 1. The number of aliphatic hydroxyl groups excluding tert-OH is 2. The summed E-state index contributed by atoms with van der Waals surface area (Å²) < 4.78 is 24.6. The van der Waals surface area contributed by atoms with Gasteiger partial charge in [-0.2, -0.15) is 4.98 Å². The van der Waals surface area contributed by atoms with E-state index >= 15 is 0 Å². The van der Waals surface area contributed by atoms with E-state index < -0.39 is 48.0 Å². The molecule has 9 nitrogen and oxygen atoms in total. The molecule has 3 N–H and O–H groups in total. The van der Waals surface area contributed by atoms with Crippen LogP contribution in [-0.4, -0.2) is 57.4 Å². The van der Waals surface area contributed by atoms with Gasteiger partial charge in [0.25, 0.3) is 0 Å². The Hall–Kier alpha value is -2.04. The van der Waals surface area contributed by atoms with Crippen molar-refractivity contribution < 1.29 is 28.9 Å². The highest BCUT2D eigenvalue weighted by Crippen LogP contribution is 2.28. The van der Waals surface area contributed by atoms with Crippen LogP contribution in [0.5, 0.6) is 0 Å². The Morgan fingerprint density at radius 1 is 1.44 bits per heavy atom. The number of nitrogens with zero attached hydrogens (tertiary/aromatic N) is 2. The molecule has 10 heteroatoms. The van der Waals surface area contributed by atoms with Gasteiger partial charge in [-0.15, -0.1) is 0 Å². The van der Waals surface area contributed by atoms with Crippen LogP contribution in [0.4, 0.5) is 15.0 Å². The zero-order chi connectivity index (χ0) is 18.6. The molecule has 4 atom stereocenters. The SMILES string of the molecule is CCCCCOC(=O)N(c1[nH]c(=O)ncc1F)C1O[C@H](C)[C@@H](O)[C@H]1O. The van der Waals surface area contributed by atoms with E-state index in [0.29, 0.717) is 17.5 Å². The maximum absolute atomic E-state index is 14.1. The molecule has 1 aromatic heterocycles. The van der Waals surface area contributed by atoms with Crippen LogP contribution in [0.3, 0.4) is 0 Å². The first-order valence-corrected chi connectivity index (χ1v) is 8.09. The highest BCUT2D eigenvalue weighted by molar-refractivity contribution is 5.87. The van der Waals surface area contributed by atoms with Crippen molar-refractivity contribution in [3.8, 4) is 0 Å². The number of hydrogen-bond acceptors (Lipinski definition) is 7. The van der Waals surface area contributed by atoms with E-state index in [9.17, 15) is 24.2 Å². The summed E-state index contributed by atoms with van der Waals surface area (Å²) in [6.45, 7) is 3.56. The van der Waals surface area contributed by atoms with E-state index in [1.54, 1.807) is 0 Å². The van der Waals surface area contributed by atoms with Crippen LogP contribution in [0, 0.1) is 5.82 Å². The largest absolute Gasteiger partial charge is 0.449 e. The molecule has 0 aliphatic carbocycles. The van der Waals surface area contributed by atoms with Crippen LogP contribution in [0.15, 0.2) is 11.0 Å². The summed E-state index contributed by atoms with van der Waals surface area (Å²) in [6, 6.07) is 0. The van der Waals surface area contributed by atoms with Crippen molar-refractivity contribution in [2.24, 2.45) is 0 Å². The molecule has 1 aromatic rings. The van der Waals surface area contributed by atoms with Crippen molar-refractivity contribution in [3.63, 3.8) is 0 Å². The molecule has 1 unspecified atom stereocenters. The summed E-state index contributed by atoms with van der Waals surface area (Å²) >= 11 is 0. The molecule has 25 heavy (non-hydrogen) atoms. The molecule has 1 fully saturated rings. The van der Waals surface area contributed by atoms with Gasteiger partial charge in [0, 0.05) is 0 Å². The Labute approximate surface area is 143 Å². The highest BCUT2D eigenvalue weighted by Gasteiger charge is 2.47. The van der Waals surface area contributed by atoms with Gasteiger partial charge in [-0.1, -0.05) is 19.8 Å². The second-order valence-electron chi connectivity index (χ2n) is 5.79. The van der Waals surface area contributed by atoms with Crippen molar-refractivity contribution in [2.45, 2.75) is 57.6 Å². The molecule has 0 aromatic carbocycles. The zero-order valence-electron chi connectivity index (χ0n) is 14.0. The van der Waals surface area contributed by atoms with E-state index in [2.05, 4.69) is 9.97 Å². The average molecular weight is 359 g/mol. The molecular formula is C15H22FN3O6. The lowest BCUT2D eigenvalue weighted by atomic mass is 10.1. The topological polar surface area (TPSA) is 125 Å². The van der Waals surface area contributed by atoms with Crippen LogP contribution in [0.2, 0.25) is 0 Å². The number of hydrogen-bond donors (Lipinski definition) is 3. The first-order valence-electron chi connectivity index (χ1n) is 8.09. The van der Waals surface area contributed by atoms with Gasteiger partial charge in [-0.05, 0) is 13.3 Å².